The first kappa shape index (κ1) is 16.3. The lowest BCUT2D eigenvalue weighted by atomic mass is 10.1. The van der Waals surface area contributed by atoms with Gasteiger partial charge in [-0.3, -0.25) is 5.32 Å². The number of benzene rings is 3. The van der Waals surface area contributed by atoms with E-state index >= 15 is 0 Å². The van der Waals surface area contributed by atoms with Gasteiger partial charge < -0.3 is 4.98 Å². The summed E-state index contributed by atoms with van der Waals surface area (Å²) in [5.41, 5.74) is 4.52. The zero-order valence-electron chi connectivity index (χ0n) is 14.5. The van der Waals surface area contributed by atoms with Crippen LogP contribution in [0.3, 0.4) is 0 Å². The number of H-pyrrole nitrogens is 1. The predicted octanol–water partition coefficient (Wildman–Crippen LogP) is 4.96. The van der Waals surface area contributed by atoms with E-state index in [2.05, 4.69) is 71.0 Å². The highest BCUT2D eigenvalue weighted by atomic mass is 15.0. The molecule has 0 bridgehead atoms. The number of hydrogen-bond acceptors (Lipinski definition) is 2. The quantitative estimate of drug-likeness (QED) is 0.521. The van der Waals surface area contributed by atoms with Crippen LogP contribution in [0.15, 0.2) is 97.2 Å². The van der Waals surface area contributed by atoms with Crippen molar-refractivity contribution in [3.05, 3.63) is 114 Å². The number of aromatic nitrogens is 2. The molecule has 3 nitrogen and oxygen atoms in total. The van der Waals surface area contributed by atoms with Crippen LogP contribution in [0.25, 0.3) is 11.3 Å². The summed E-state index contributed by atoms with van der Waals surface area (Å²) in [5.74, 6) is 0.922. The number of rotatable bonds is 6. The van der Waals surface area contributed by atoms with Crippen molar-refractivity contribution in [1.82, 2.24) is 15.3 Å². The van der Waals surface area contributed by atoms with Gasteiger partial charge in [0.1, 0.15) is 5.82 Å². The summed E-state index contributed by atoms with van der Waals surface area (Å²) in [6.45, 7) is 0.780. The lowest BCUT2D eigenvalue weighted by Crippen LogP contribution is -2.23. The van der Waals surface area contributed by atoms with Crippen molar-refractivity contribution in [2.24, 2.45) is 0 Å². The maximum atomic E-state index is 4.85. The molecule has 1 heterocycles. The molecular formula is C23H21N3. The standard InChI is InChI=1S/C23H21N3/c1-4-10-18(11-5-1)16-24-22(20-14-8-3-9-15-20)23-25-17-21(26-23)19-12-6-2-7-13-19/h1-15,17,22,24H,16H2,(H,25,26)/t22-/m1/s1. The largest absolute Gasteiger partial charge is 0.346 e. The van der Waals surface area contributed by atoms with Gasteiger partial charge >= 0.3 is 0 Å². The summed E-state index contributed by atoms with van der Waals surface area (Å²) in [6, 6.07) is 31.1. The first-order chi connectivity index (χ1) is 12.9. The van der Waals surface area contributed by atoms with E-state index in [-0.39, 0.29) is 6.04 Å². The first-order valence-corrected chi connectivity index (χ1v) is 8.83. The highest BCUT2D eigenvalue weighted by Crippen LogP contribution is 2.23. The molecule has 26 heavy (non-hydrogen) atoms. The Morgan fingerprint density at radius 2 is 1.38 bits per heavy atom. The monoisotopic (exact) mass is 339 g/mol. The predicted molar refractivity (Wildman–Crippen MR) is 106 cm³/mol. The van der Waals surface area contributed by atoms with E-state index in [9.17, 15) is 0 Å². The number of imidazole rings is 1. The van der Waals surface area contributed by atoms with Crippen LogP contribution in [-0.4, -0.2) is 9.97 Å². The Bertz CT molecular complexity index is 931. The second kappa shape index (κ2) is 7.81. The van der Waals surface area contributed by atoms with Crippen molar-refractivity contribution >= 4 is 0 Å². The van der Waals surface area contributed by atoms with E-state index in [1.165, 1.54) is 11.1 Å². The Morgan fingerprint density at radius 3 is 2.08 bits per heavy atom. The molecule has 0 unspecified atom stereocenters. The summed E-state index contributed by atoms with van der Waals surface area (Å²) in [7, 11) is 0. The molecule has 1 atom stereocenters. The molecule has 0 fully saturated rings. The van der Waals surface area contributed by atoms with Crippen molar-refractivity contribution in [2.45, 2.75) is 12.6 Å². The second-order valence-electron chi connectivity index (χ2n) is 6.25. The lowest BCUT2D eigenvalue weighted by Gasteiger charge is -2.17. The topological polar surface area (TPSA) is 40.7 Å². The van der Waals surface area contributed by atoms with E-state index in [1.54, 1.807) is 0 Å². The lowest BCUT2D eigenvalue weighted by molar-refractivity contribution is 0.581. The molecule has 0 saturated heterocycles. The number of nitrogens with zero attached hydrogens (tertiary/aromatic N) is 1. The second-order valence-corrected chi connectivity index (χ2v) is 6.25. The summed E-state index contributed by atoms with van der Waals surface area (Å²) in [6.07, 6.45) is 1.98. The van der Waals surface area contributed by atoms with Crippen molar-refractivity contribution in [3.63, 3.8) is 0 Å². The molecule has 0 aliphatic carbocycles. The average Bonchev–Trinajstić information content (AvgIpc) is 3.20. The SMILES string of the molecule is c1ccc(CN[C@H](c2ccccc2)c2nc(-c3ccccc3)c[nH]2)cc1. The molecule has 4 rings (SSSR count). The fraction of sp³-hybridized carbons (Fsp3) is 0.0870. The third-order valence-corrected chi connectivity index (χ3v) is 4.43. The van der Waals surface area contributed by atoms with Crippen LogP contribution < -0.4 is 5.32 Å². The maximum Gasteiger partial charge on any atom is 0.128 e. The normalized spacial score (nSPS) is 12.0. The van der Waals surface area contributed by atoms with E-state index in [0.29, 0.717) is 0 Å². The zero-order valence-corrected chi connectivity index (χ0v) is 14.5. The molecule has 1 aromatic heterocycles. The van der Waals surface area contributed by atoms with Gasteiger partial charge in [0.25, 0.3) is 0 Å². The summed E-state index contributed by atoms with van der Waals surface area (Å²) in [4.78, 5) is 8.22. The van der Waals surface area contributed by atoms with Gasteiger partial charge in [0.2, 0.25) is 0 Å². The molecule has 4 aromatic rings. The number of aromatic amines is 1. The van der Waals surface area contributed by atoms with Crippen LogP contribution in [0, 0.1) is 0 Å². The van der Waals surface area contributed by atoms with Crippen molar-refractivity contribution in [2.75, 3.05) is 0 Å². The van der Waals surface area contributed by atoms with Gasteiger partial charge in [0.05, 0.1) is 11.7 Å². The number of hydrogen-bond donors (Lipinski definition) is 2. The molecule has 128 valence electrons. The molecule has 0 aliphatic heterocycles. The third kappa shape index (κ3) is 3.73. The number of nitrogens with one attached hydrogen (secondary N) is 2. The summed E-state index contributed by atoms with van der Waals surface area (Å²) in [5, 5.41) is 3.64. The minimum absolute atomic E-state index is 0.00821. The van der Waals surface area contributed by atoms with Gasteiger partial charge in [-0.1, -0.05) is 91.0 Å². The van der Waals surface area contributed by atoms with Crippen LogP contribution in [0.1, 0.15) is 23.0 Å². The highest BCUT2D eigenvalue weighted by Gasteiger charge is 2.17. The zero-order chi connectivity index (χ0) is 17.6. The molecular weight excluding hydrogens is 318 g/mol. The van der Waals surface area contributed by atoms with Crippen LogP contribution in [0.2, 0.25) is 0 Å². The Hall–Kier alpha value is -3.17. The average molecular weight is 339 g/mol. The van der Waals surface area contributed by atoms with Gasteiger partial charge in [0, 0.05) is 18.3 Å². The van der Waals surface area contributed by atoms with Gasteiger partial charge in [-0.15, -0.1) is 0 Å². The summed E-state index contributed by atoms with van der Waals surface area (Å²) < 4.78 is 0. The Morgan fingerprint density at radius 1 is 0.769 bits per heavy atom. The van der Waals surface area contributed by atoms with E-state index in [4.69, 9.17) is 4.98 Å². The molecule has 3 heteroatoms. The summed E-state index contributed by atoms with van der Waals surface area (Å²) >= 11 is 0. The maximum absolute atomic E-state index is 4.85. The Balaban J connectivity index is 1.62. The van der Waals surface area contributed by atoms with Crippen molar-refractivity contribution < 1.29 is 0 Å². The van der Waals surface area contributed by atoms with Crippen molar-refractivity contribution in [3.8, 4) is 11.3 Å². The first-order valence-electron chi connectivity index (χ1n) is 8.83. The fourth-order valence-corrected chi connectivity index (χ4v) is 3.07. The van der Waals surface area contributed by atoms with Crippen LogP contribution in [0.5, 0.6) is 0 Å². The van der Waals surface area contributed by atoms with Gasteiger partial charge in [-0.05, 0) is 11.1 Å². The van der Waals surface area contributed by atoms with E-state index in [1.807, 2.05) is 36.5 Å². The van der Waals surface area contributed by atoms with Crippen LogP contribution in [0.4, 0.5) is 0 Å². The Labute approximate surface area is 153 Å². The van der Waals surface area contributed by atoms with E-state index in [0.717, 1.165) is 23.6 Å². The molecule has 0 radical (unpaired) electrons. The minimum Gasteiger partial charge on any atom is -0.346 e. The van der Waals surface area contributed by atoms with Crippen LogP contribution >= 0.6 is 0 Å². The molecule has 2 N–H and O–H groups in total. The third-order valence-electron chi connectivity index (χ3n) is 4.43. The van der Waals surface area contributed by atoms with Gasteiger partial charge in [0.15, 0.2) is 0 Å². The molecule has 0 saturated carbocycles. The van der Waals surface area contributed by atoms with E-state index < -0.39 is 0 Å². The molecule has 0 spiro atoms. The van der Waals surface area contributed by atoms with Gasteiger partial charge in [-0.2, -0.15) is 0 Å². The minimum atomic E-state index is 0.00821. The molecule has 3 aromatic carbocycles. The fourth-order valence-electron chi connectivity index (χ4n) is 3.07. The van der Waals surface area contributed by atoms with Crippen LogP contribution in [-0.2, 0) is 6.54 Å². The molecule has 0 aliphatic rings. The Kier molecular flexibility index (Phi) is 4.90. The molecule has 0 amide bonds. The van der Waals surface area contributed by atoms with Gasteiger partial charge in [-0.25, -0.2) is 4.98 Å². The smallest absolute Gasteiger partial charge is 0.128 e. The highest BCUT2D eigenvalue weighted by molar-refractivity contribution is 5.58. The van der Waals surface area contributed by atoms with Crippen molar-refractivity contribution in [1.29, 1.82) is 0 Å².